The van der Waals surface area contributed by atoms with Crippen LogP contribution in [0.1, 0.15) is 13.8 Å². The lowest BCUT2D eigenvalue weighted by molar-refractivity contribution is 0.0730. The molecular formula is C10H14. The van der Waals surface area contributed by atoms with Gasteiger partial charge in [0.05, 0.1) is 0 Å². The molecule has 0 aromatic heterocycles. The summed E-state index contributed by atoms with van der Waals surface area (Å²) in [6.45, 7) is 4.71. The topological polar surface area (TPSA) is 0 Å². The van der Waals surface area contributed by atoms with Crippen molar-refractivity contribution in [2.45, 2.75) is 13.8 Å². The van der Waals surface area contributed by atoms with Gasteiger partial charge in [-0.25, -0.2) is 0 Å². The summed E-state index contributed by atoms with van der Waals surface area (Å²) < 4.78 is 0. The average molecular weight is 134 g/mol. The Morgan fingerprint density at radius 3 is 1.60 bits per heavy atom. The number of rotatable bonds is 0. The van der Waals surface area contributed by atoms with Crippen LogP contribution in [-0.2, 0) is 0 Å². The van der Waals surface area contributed by atoms with E-state index in [0.717, 1.165) is 23.7 Å². The fourth-order valence-corrected chi connectivity index (χ4v) is 2.25. The van der Waals surface area contributed by atoms with Gasteiger partial charge in [-0.1, -0.05) is 38.2 Å². The van der Waals surface area contributed by atoms with Crippen LogP contribution in [0.5, 0.6) is 0 Å². The van der Waals surface area contributed by atoms with E-state index in [1.54, 1.807) is 0 Å². The number of allylic oxidation sites excluding steroid dienone is 4. The monoisotopic (exact) mass is 134 g/mol. The zero-order chi connectivity index (χ0) is 7.14. The van der Waals surface area contributed by atoms with Gasteiger partial charge in [0.2, 0.25) is 0 Å². The predicted octanol–water partition coefficient (Wildman–Crippen LogP) is 2.63. The Kier molecular flexibility index (Phi) is 1.23. The molecule has 2 aliphatic rings. The van der Waals surface area contributed by atoms with E-state index in [0.29, 0.717) is 0 Å². The highest BCUT2D eigenvalue weighted by molar-refractivity contribution is 5.20. The van der Waals surface area contributed by atoms with Crippen LogP contribution in [0.3, 0.4) is 0 Å². The normalized spacial score (nSPS) is 50.2. The molecule has 0 unspecified atom stereocenters. The highest BCUT2D eigenvalue weighted by Crippen LogP contribution is 2.48. The lowest BCUT2D eigenvalue weighted by Crippen LogP contribution is -2.42. The van der Waals surface area contributed by atoms with E-state index in [1.165, 1.54) is 0 Å². The van der Waals surface area contributed by atoms with Gasteiger partial charge in [0.25, 0.3) is 0 Å². The van der Waals surface area contributed by atoms with Gasteiger partial charge in [-0.05, 0) is 23.7 Å². The van der Waals surface area contributed by atoms with Crippen molar-refractivity contribution in [3.8, 4) is 0 Å². The molecule has 2 rings (SSSR count). The average Bonchev–Trinajstić information content (AvgIpc) is 2.03. The summed E-state index contributed by atoms with van der Waals surface area (Å²) in [5.74, 6) is 3.54. The molecule has 1 fully saturated rings. The predicted molar refractivity (Wildman–Crippen MR) is 43.6 cm³/mol. The number of fused-ring (bicyclic) bond motifs is 1. The molecule has 0 saturated heterocycles. The fraction of sp³-hybridized carbons (Fsp3) is 0.600. The van der Waals surface area contributed by atoms with E-state index >= 15 is 0 Å². The lowest BCUT2D eigenvalue weighted by Gasteiger charge is -2.47. The van der Waals surface area contributed by atoms with Crippen molar-refractivity contribution in [3.63, 3.8) is 0 Å². The Balaban J connectivity index is 2.17. The maximum atomic E-state index is 2.36. The summed E-state index contributed by atoms with van der Waals surface area (Å²) in [4.78, 5) is 0. The molecule has 0 amide bonds. The van der Waals surface area contributed by atoms with Gasteiger partial charge in [0.1, 0.15) is 0 Å². The molecule has 0 heterocycles. The van der Waals surface area contributed by atoms with Gasteiger partial charge in [-0.2, -0.15) is 0 Å². The molecule has 10 heavy (non-hydrogen) atoms. The molecule has 0 aromatic rings. The van der Waals surface area contributed by atoms with Crippen LogP contribution >= 0.6 is 0 Å². The molecule has 0 aromatic carbocycles. The minimum absolute atomic E-state index is 0.861. The Morgan fingerprint density at radius 1 is 0.800 bits per heavy atom. The van der Waals surface area contributed by atoms with Crippen LogP contribution in [0.2, 0.25) is 0 Å². The first-order chi connectivity index (χ1) is 4.80. The molecule has 0 bridgehead atoms. The molecule has 54 valence electrons. The molecule has 1 saturated carbocycles. The smallest absolute Gasteiger partial charge is 0.0136 e. The second-order valence-electron chi connectivity index (χ2n) is 3.64. The van der Waals surface area contributed by atoms with Crippen LogP contribution in [0.25, 0.3) is 0 Å². The molecule has 0 heteroatoms. The van der Waals surface area contributed by atoms with Crippen molar-refractivity contribution in [1.82, 2.24) is 0 Å². The molecule has 0 N–H and O–H groups in total. The van der Waals surface area contributed by atoms with Gasteiger partial charge in [-0.15, -0.1) is 0 Å². The van der Waals surface area contributed by atoms with Crippen molar-refractivity contribution >= 4 is 0 Å². The summed E-state index contributed by atoms with van der Waals surface area (Å²) in [7, 11) is 0. The van der Waals surface area contributed by atoms with E-state index in [2.05, 4.69) is 38.2 Å². The molecule has 0 radical (unpaired) electrons. The summed E-state index contributed by atoms with van der Waals surface area (Å²) in [6, 6.07) is 0. The van der Waals surface area contributed by atoms with Crippen LogP contribution in [-0.4, -0.2) is 0 Å². The first-order valence-corrected chi connectivity index (χ1v) is 4.15. The third kappa shape index (κ3) is 0.622. The van der Waals surface area contributed by atoms with E-state index in [1.807, 2.05) is 0 Å². The molecule has 4 atom stereocenters. The van der Waals surface area contributed by atoms with E-state index in [9.17, 15) is 0 Å². The van der Waals surface area contributed by atoms with Crippen LogP contribution in [0, 0.1) is 23.7 Å². The first-order valence-electron chi connectivity index (χ1n) is 4.15. The third-order valence-electron chi connectivity index (χ3n) is 3.27. The molecule has 0 aliphatic heterocycles. The van der Waals surface area contributed by atoms with Gasteiger partial charge >= 0.3 is 0 Å². The Hall–Kier alpha value is -0.520. The Morgan fingerprint density at radius 2 is 1.20 bits per heavy atom. The second kappa shape index (κ2) is 1.98. The van der Waals surface area contributed by atoms with E-state index < -0.39 is 0 Å². The summed E-state index contributed by atoms with van der Waals surface area (Å²) in [5.41, 5.74) is 0. The van der Waals surface area contributed by atoms with Crippen molar-refractivity contribution in [2.24, 2.45) is 23.7 Å². The van der Waals surface area contributed by atoms with Crippen LogP contribution in [0.15, 0.2) is 24.3 Å². The van der Waals surface area contributed by atoms with E-state index in [-0.39, 0.29) is 0 Å². The molecule has 0 spiro atoms. The first kappa shape index (κ1) is 6.21. The van der Waals surface area contributed by atoms with Crippen molar-refractivity contribution in [2.75, 3.05) is 0 Å². The summed E-state index contributed by atoms with van der Waals surface area (Å²) >= 11 is 0. The molecular weight excluding hydrogens is 120 g/mol. The maximum absolute atomic E-state index is 2.36. The zero-order valence-electron chi connectivity index (χ0n) is 6.62. The minimum Gasteiger partial charge on any atom is -0.0806 e. The number of hydrogen-bond acceptors (Lipinski definition) is 0. The largest absolute Gasteiger partial charge is 0.0806 e. The summed E-state index contributed by atoms with van der Waals surface area (Å²) in [5, 5.41) is 0. The fourth-order valence-electron chi connectivity index (χ4n) is 2.25. The van der Waals surface area contributed by atoms with Crippen molar-refractivity contribution in [1.29, 1.82) is 0 Å². The highest BCUT2D eigenvalue weighted by Gasteiger charge is 2.42. The summed E-state index contributed by atoms with van der Waals surface area (Å²) in [6.07, 6.45) is 9.08. The SMILES string of the molecule is C[C@H]1[C@H](C)[C@@H]2C=CC=C[C@H]12. The Labute approximate surface area is 62.6 Å². The minimum atomic E-state index is 0.861. The van der Waals surface area contributed by atoms with E-state index in [4.69, 9.17) is 0 Å². The third-order valence-corrected chi connectivity index (χ3v) is 3.27. The van der Waals surface area contributed by atoms with Gasteiger partial charge in [-0.3, -0.25) is 0 Å². The van der Waals surface area contributed by atoms with Crippen LogP contribution < -0.4 is 0 Å². The lowest BCUT2D eigenvalue weighted by atomic mass is 9.57. The standard InChI is InChI=1S/C10H14/c1-7-8(2)10-6-4-3-5-9(7)10/h3-10H,1-2H3/t7-,8-,9-,10+/m0/s1. The number of hydrogen-bond donors (Lipinski definition) is 0. The van der Waals surface area contributed by atoms with Crippen LogP contribution in [0.4, 0.5) is 0 Å². The maximum Gasteiger partial charge on any atom is -0.0136 e. The highest BCUT2D eigenvalue weighted by atomic mass is 14.5. The van der Waals surface area contributed by atoms with Gasteiger partial charge < -0.3 is 0 Å². The molecule has 2 aliphatic carbocycles. The molecule has 0 nitrogen and oxygen atoms in total. The van der Waals surface area contributed by atoms with Crippen molar-refractivity contribution < 1.29 is 0 Å². The second-order valence-corrected chi connectivity index (χ2v) is 3.64. The van der Waals surface area contributed by atoms with Crippen molar-refractivity contribution in [3.05, 3.63) is 24.3 Å². The zero-order valence-corrected chi connectivity index (χ0v) is 6.62. The van der Waals surface area contributed by atoms with Gasteiger partial charge in [0, 0.05) is 0 Å². The quantitative estimate of drug-likeness (QED) is 0.477. The van der Waals surface area contributed by atoms with Gasteiger partial charge in [0.15, 0.2) is 0 Å². The Bertz CT molecular complexity index is 166.